The van der Waals surface area contributed by atoms with Crippen molar-refractivity contribution in [3.63, 3.8) is 0 Å². The molecule has 0 aromatic carbocycles. The highest BCUT2D eigenvalue weighted by molar-refractivity contribution is 8.07. The number of hydrogen-bond donors (Lipinski definition) is 13. The van der Waals surface area contributed by atoms with E-state index in [1.807, 2.05) is 0 Å². The monoisotopic (exact) mass is 1190 g/mol. The number of aryl methyl sites for hydroxylation is 1. The van der Waals surface area contributed by atoms with Crippen LogP contribution in [0.3, 0.4) is 0 Å². The van der Waals surface area contributed by atoms with Crippen molar-refractivity contribution in [2.24, 2.45) is 7.05 Å². The number of methoxy groups -OCH3 is 2. The maximum atomic E-state index is 13.3. The van der Waals surface area contributed by atoms with Gasteiger partial charge in [-0.05, 0) is 11.8 Å². The number of rotatable bonds is 20. The first-order valence-corrected chi connectivity index (χ1v) is 28.8. The minimum atomic E-state index is -6.16. The Kier molecular flexibility index (Phi) is 15.7. The van der Waals surface area contributed by atoms with Crippen molar-refractivity contribution in [1.82, 2.24) is 53.6 Å². The molecule has 0 radical (unpaired) electrons. The number of aromatic amines is 2. The molecule has 3 fully saturated rings. The van der Waals surface area contributed by atoms with Crippen molar-refractivity contribution < 1.29 is 104 Å². The summed E-state index contributed by atoms with van der Waals surface area (Å²) in [5, 5.41) is 33.0. The summed E-state index contributed by atoms with van der Waals surface area (Å²) in [6, 6.07) is 0. The van der Waals surface area contributed by atoms with E-state index in [1.54, 1.807) is 0 Å². The zero-order chi connectivity index (χ0) is 55.8. The summed E-state index contributed by atoms with van der Waals surface area (Å²) in [7, 11) is -14.1. The van der Waals surface area contributed by atoms with Gasteiger partial charge in [-0.2, -0.15) is 23.6 Å². The lowest BCUT2D eigenvalue weighted by molar-refractivity contribution is -0.745. The Morgan fingerprint density at radius 3 is 1.90 bits per heavy atom. The standard InChI is InChI=1S/C33H46N16O23P4S/c1-46-9-49(25-15(46)27(54)45-33(37)43-25)29-18(52)19(62-2)11(68-29)5-64-73(55,56)71-75(59,60)72-74(57,58)65-6-12-20(21(63-3)30(69-12)48-7-38-13-22(34)40-31(35)41-23(13)48)70-76(61,77)66-4-10-16(50)17(51)28(67-10)47-8-39-14-24(47)42-32(36)44-26(14)53/h7-12,16-21,28-30,50-52H,4-6H2,1-3H3,(H13-,34,35,36,37,40,41,42,43,44,45,53,54,55,56,57,58,59,60,61,77)/p+1/t10-,11-,12-,16+,17?,18+,19?,20?,21+,28-,29-,30-,76?/m1/s1. The van der Waals surface area contributed by atoms with Crippen molar-refractivity contribution in [2.45, 2.75) is 73.6 Å². The summed E-state index contributed by atoms with van der Waals surface area (Å²) in [4.78, 5) is 96.8. The molecule has 6 aromatic heterocycles. The van der Waals surface area contributed by atoms with Crippen molar-refractivity contribution in [2.75, 3.05) is 57.0 Å². The summed E-state index contributed by atoms with van der Waals surface area (Å²) in [6.45, 7) is -7.61. The zero-order valence-corrected chi connectivity index (χ0v) is 43.8. The van der Waals surface area contributed by atoms with Crippen LogP contribution in [0.1, 0.15) is 18.7 Å². The van der Waals surface area contributed by atoms with Crippen molar-refractivity contribution in [1.29, 1.82) is 0 Å². The average Bonchev–Trinajstić information content (AvgIpc) is 4.18. The fourth-order valence-corrected chi connectivity index (χ4v) is 13.6. The molecule has 0 spiro atoms. The molecular formula is C33H47N16O23P4S+. The number of fused-ring (bicyclic) bond motifs is 3. The second-order valence-corrected chi connectivity index (χ2v) is 24.3. The van der Waals surface area contributed by atoms with E-state index >= 15 is 0 Å². The molecule has 0 amide bonds. The van der Waals surface area contributed by atoms with Crippen LogP contribution < -0.4 is 38.6 Å². The van der Waals surface area contributed by atoms with Gasteiger partial charge in [0.05, 0.1) is 39.5 Å². The number of nitrogen functional groups attached to an aromatic ring is 4. The first kappa shape index (κ1) is 56.8. The SMILES string of the molecule is COC1[C@@H](COP(=O)(O)OP(=O)(O)OP(=O)(O)OC[C@H]2O[C@@H](n3cnc4c(N)nc(N)nc43)[C@@H](OC)C2OP(O)(=S)OC[C@H]2O[C@@H](n3cnc4c(=O)[nH]c(N)nc43)C(O)[C@H]2O)O[C@@H]([n+]2cn(C)c3c(=O)[nH]c(N)nc32)[C@H]1O. The van der Waals surface area contributed by atoms with E-state index < -0.39 is 135 Å². The van der Waals surface area contributed by atoms with Gasteiger partial charge in [0.2, 0.25) is 23.6 Å². The number of phosphoric ester groups is 2. The predicted octanol–water partition coefficient (Wildman–Crippen LogP) is -4.36. The second kappa shape index (κ2) is 21.3. The molecule has 44 heteroatoms. The Morgan fingerprint density at radius 2 is 1.25 bits per heavy atom. The number of nitrogens with one attached hydrogen (secondary N) is 2. The van der Waals surface area contributed by atoms with Gasteiger partial charge < -0.3 is 86.0 Å². The molecular weight excluding hydrogens is 1140 g/mol. The Morgan fingerprint density at radius 1 is 0.688 bits per heavy atom. The van der Waals surface area contributed by atoms with Gasteiger partial charge in [-0.1, -0.05) is 4.98 Å². The number of ether oxygens (including phenoxy) is 5. The predicted molar refractivity (Wildman–Crippen MR) is 255 cm³/mol. The lowest BCUT2D eigenvalue weighted by Gasteiger charge is -2.28. The molecule has 39 nitrogen and oxygen atoms in total. The molecule has 16 atom stereocenters. The van der Waals surface area contributed by atoms with E-state index in [4.69, 9.17) is 76.5 Å². The number of aliphatic hydroxyl groups is 3. The minimum Gasteiger partial charge on any atom is -0.387 e. The number of anilines is 4. The highest BCUT2D eigenvalue weighted by Gasteiger charge is 2.53. The number of aliphatic hydroxyl groups excluding tert-OH is 3. The van der Waals surface area contributed by atoms with Gasteiger partial charge in [0.25, 0.3) is 17.1 Å². The Hall–Kier alpha value is -4.93. The Balaban J connectivity index is 0.874. The van der Waals surface area contributed by atoms with Gasteiger partial charge in [-0.25, -0.2) is 28.2 Å². The number of hydrogen-bond acceptors (Lipinski definition) is 30. The van der Waals surface area contributed by atoms with Crippen molar-refractivity contribution >= 4 is 99.1 Å². The van der Waals surface area contributed by atoms with Gasteiger partial charge in [0, 0.05) is 14.2 Å². The fraction of sp³-hybridized carbons (Fsp3) is 0.545. The first-order chi connectivity index (χ1) is 36.1. The normalized spacial score (nSPS) is 30.0. The number of H-pyrrole nitrogens is 2. The Bertz CT molecular complexity index is 3550. The first-order valence-electron chi connectivity index (χ1n) is 21.8. The third-order valence-electron chi connectivity index (χ3n) is 11.9. The average molecular weight is 1190 g/mol. The van der Waals surface area contributed by atoms with Gasteiger partial charge in [-0.15, -0.1) is 0 Å². The summed E-state index contributed by atoms with van der Waals surface area (Å²) in [5.41, 5.74) is 21.6. The Labute approximate surface area is 432 Å². The molecule has 0 saturated carbocycles. The van der Waals surface area contributed by atoms with Crippen LogP contribution in [-0.4, -0.2) is 177 Å². The van der Waals surface area contributed by atoms with Crippen LogP contribution in [0.4, 0.5) is 23.7 Å². The zero-order valence-electron chi connectivity index (χ0n) is 39.4. The van der Waals surface area contributed by atoms with Crippen LogP contribution in [0.15, 0.2) is 28.6 Å². The van der Waals surface area contributed by atoms with E-state index in [1.165, 1.54) is 27.1 Å². The smallest absolute Gasteiger partial charge is 0.387 e. The lowest BCUT2D eigenvalue weighted by atomic mass is 10.1. The maximum absolute atomic E-state index is 13.3. The van der Waals surface area contributed by atoms with E-state index in [0.29, 0.717) is 0 Å². The van der Waals surface area contributed by atoms with Crippen LogP contribution in [0.5, 0.6) is 0 Å². The third-order valence-corrected chi connectivity index (χ3v) is 17.7. The molecule has 7 unspecified atom stereocenters. The third kappa shape index (κ3) is 11.5. The lowest BCUT2D eigenvalue weighted by Crippen LogP contribution is -2.46. The van der Waals surface area contributed by atoms with E-state index in [0.717, 1.165) is 31.4 Å². The molecule has 6 aromatic rings. The molecule has 0 aliphatic carbocycles. The van der Waals surface area contributed by atoms with Crippen LogP contribution in [0, 0.1) is 0 Å². The topological polar surface area (TPSA) is 560 Å². The molecule has 77 heavy (non-hydrogen) atoms. The molecule has 9 rings (SSSR count). The molecule has 3 aliphatic rings. The summed E-state index contributed by atoms with van der Waals surface area (Å²) < 4.78 is 103. The minimum absolute atomic E-state index is 0.0197. The van der Waals surface area contributed by atoms with E-state index in [2.05, 4.69) is 48.5 Å². The van der Waals surface area contributed by atoms with Crippen molar-refractivity contribution in [3.05, 3.63) is 39.7 Å². The van der Waals surface area contributed by atoms with Crippen LogP contribution in [-0.2, 0) is 83.0 Å². The number of imidazole rings is 3. The second-order valence-electron chi connectivity index (χ2n) is 16.9. The van der Waals surface area contributed by atoms with E-state index in [-0.39, 0.29) is 57.2 Å². The highest BCUT2D eigenvalue weighted by Crippen LogP contribution is 2.68. The quantitative estimate of drug-likeness (QED) is 0.0254. The largest absolute Gasteiger partial charge is 0.490 e. The maximum Gasteiger partial charge on any atom is 0.490 e. The number of nitrogens with two attached hydrogens (primary N) is 4. The molecule has 0 bridgehead atoms. The molecule has 3 aliphatic heterocycles. The highest BCUT2D eigenvalue weighted by atomic mass is 32.5. The number of aromatic nitrogens is 12. The van der Waals surface area contributed by atoms with Crippen molar-refractivity contribution in [3.8, 4) is 0 Å². The summed E-state index contributed by atoms with van der Waals surface area (Å²) in [6.07, 6.45) is -14.8. The van der Waals surface area contributed by atoms with Gasteiger partial charge in [0.15, 0.2) is 41.4 Å². The fourth-order valence-electron chi connectivity index (χ4n) is 8.65. The van der Waals surface area contributed by atoms with E-state index in [9.17, 15) is 58.2 Å². The summed E-state index contributed by atoms with van der Waals surface area (Å²) >= 11 is 5.29. The molecule has 422 valence electrons. The van der Waals surface area contributed by atoms with Crippen LogP contribution in [0.2, 0.25) is 0 Å². The van der Waals surface area contributed by atoms with Gasteiger partial charge >= 0.3 is 35.8 Å². The molecule has 9 heterocycles. The van der Waals surface area contributed by atoms with Crippen LogP contribution >= 0.6 is 30.2 Å². The number of phosphoric acid groups is 3. The number of nitrogens with zero attached hydrogens (tertiary/aromatic N) is 10. The molecule has 3 saturated heterocycles. The molecule has 17 N–H and O–H groups in total. The van der Waals surface area contributed by atoms with Gasteiger partial charge in [-0.3, -0.25) is 46.8 Å². The van der Waals surface area contributed by atoms with Crippen LogP contribution in [0.25, 0.3) is 33.5 Å². The summed E-state index contributed by atoms with van der Waals surface area (Å²) in [5.74, 6) is -1.03. The van der Waals surface area contributed by atoms with Gasteiger partial charge in [0.1, 0.15) is 60.5 Å².